The summed E-state index contributed by atoms with van der Waals surface area (Å²) in [6.07, 6.45) is 5.61. The Labute approximate surface area is 214 Å². The molecule has 11 heteroatoms. The van der Waals surface area contributed by atoms with Crippen LogP contribution >= 0.6 is 11.6 Å². The van der Waals surface area contributed by atoms with Crippen LogP contribution in [-0.4, -0.2) is 50.6 Å². The molecule has 36 heavy (non-hydrogen) atoms. The number of β-lactam (4-membered cyclic amide) rings is 1. The van der Waals surface area contributed by atoms with E-state index in [-0.39, 0.29) is 18.4 Å². The molecular weight excluding hydrogens is 482 g/mol. The van der Waals surface area contributed by atoms with Crippen molar-refractivity contribution in [1.29, 1.82) is 0 Å². The van der Waals surface area contributed by atoms with Crippen LogP contribution in [0.4, 0.5) is 16.3 Å². The van der Waals surface area contributed by atoms with Crippen molar-refractivity contribution in [3.8, 4) is 0 Å². The molecule has 0 saturated carbocycles. The Morgan fingerprint density at radius 3 is 2.69 bits per heavy atom. The first-order valence-corrected chi connectivity index (χ1v) is 11.9. The van der Waals surface area contributed by atoms with Gasteiger partial charge in [-0.3, -0.25) is 19.2 Å². The lowest BCUT2D eigenvalue weighted by atomic mass is 9.81. The van der Waals surface area contributed by atoms with Gasteiger partial charge in [-0.2, -0.15) is 5.10 Å². The zero-order chi connectivity index (χ0) is 26.0. The minimum atomic E-state index is -0.992. The van der Waals surface area contributed by atoms with Crippen molar-refractivity contribution in [1.82, 2.24) is 25.0 Å². The lowest BCUT2D eigenvalue weighted by molar-refractivity contribution is -0.156. The van der Waals surface area contributed by atoms with E-state index in [1.54, 1.807) is 67.7 Å². The first-order chi connectivity index (χ1) is 17.2. The number of aryl methyl sites for hydroxylation is 1. The number of likely N-dealkylation sites (N-methyl/N-ethyl adjacent to an activating group) is 1. The van der Waals surface area contributed by atoms with Gasteiger partial charge in [-0.25, -0.2) is 9.78 Å². The number of carbonyl (C=O) groups excluding carboxylic acids is 3. The molecule has 4 amide bonds. The average Bonchev–Trinajstić information content (AvgIpc) is 3.29. The normalized spacial score (nSPS) is 17.9. The second kappa shape index (κ2) is 10.4. The second-order valence-electron chi connectivity index (χ2n) is 8.79. The van der Waals surface area contributed by atoms with Crippen LogP contribution in [0.1, 0.15) is 30.5 Å². The molecule has 3 aromatic rings. The third kappa shape index (κ3) is 5.03. The van der Waals surface area contributed by atoms with Gasteiger partial charge >= 0.3 is 6.03 Å². The summed E-state index contributed by atoms with van der Waals surface area (Å²) < 4.78 is 1.57. The number of hydrogen-bond donors (Lipinski definition) is 2. The van der Waals surface area contributed by atoms with Crippen LogP contribution in [0.2, 0.25) is 5.02 Å². The standard InChI is InChI=1S/C25H28ClN7O3/c1-4-20(16-6-5-7-17(26)12-16)30-25(36)33-22(24(35)32(3)18-13-29-31(2)14-18)19(23(33)34)10-15-8-9-28-21(27)11-15/h5-9,11-14,19-20,22H,4,10H2,1-3H3,(H2,27,28)(H,30,36)/t19-,20?,22+/m1/s1. The molecule has 0 spiro atoms. The Bertz CT molecular complexity index is 1290. The number of carbonyl (C=O) groups is 3. The Hall–Kier alpha value is -3.92. The van der Waals surface area contributed by atoms with Crippen molar-refractivity contribution in [2.75, 3.05) is 17.7 Å². The molecule has 1 aliphatic heterocycles. The zero-order valence-electron chi connectivity index (χ0n) is 20.3. The number of hydrogen-bond acceptors (Lipinski definition) is 6. The van der Waals surface area contributed by atoms with Gasteiger partial charge in [-0.1, -0.05) is 30.7 Å². The molecule has 0 bridgehead atoms. The Morgan fingerprint density at radius 2 is 2.06 bits per heavy atom. The molecule has 2 aromatic heterocycles. The molecule has 0 aliphatic carbocycles. The molecule has 3 heterocycles. The summed E-state index contributed by atoms with van der Waals surface area (Å²) in [7, 11) is 3.34. The highest BCUT2D eigenvalue weighted by Gasteiger charge is 2.55. The fraction of sp³-hybridized carbons (Fsp3) is 0.320. The van der Waals surface area contributed by atoms with Gasteiger partial charge in [0.2, 0.25) is 5.91 Å². The smallest absolute Gasteiger partial charge is 0.325 e. The number of nitrogens with zero attached hydrogens (tertiary/aromatic N) is 5. The van der Waals surface area contributed by atoms with Crippen LogP contribution in [-0.2, 0) is 23.1 Å². The van der Waals surface area contributed by atoms with E-state index >= 15 is 0 Å². The van der Waals surface area contributed by atoms with Crippen molar-refractivity contribution in [2.24, 2.45) is 13.0 Å². The summed E-state index contributed by atoms with van der Waals surface area (Å²) in [6, 6.07) is 8.57. The number of halogens is 1. The van der Waals surface area contributed by atoms with E-state index in [2.05, 4.69) is 15.4 Å². The number of pyridine rings is 1. The predicted octanol–water partition coefficient (Wildman–Crippen LogP) is 2.94. The third-order valence-corrected chi connectivity index (χ3v) is 6.59. The molecule has 10 nitrogen and oxygen atoms in total. The van der Waals surface area contributed by atoms with Crippen molar-refractivity contribution < 1.29 is 14.4 Å². The molecule has 3 N–H and O–H groups in total. The van der Waals surface area contributed by atoms with Gasteiger partial charge in [0.15, 0.2) is 0 Å². The Kier molecular flexibility index (Phi) is 7.25. The quantitative estimate of drug-likeness (QED) is 0.471. The topological polar surface area (TPSA) is 126 Å². The van der Waals surface area contributed by atoms with Gasteiger partial charge in [-0.05, 0) is 48.2 Å². The van der Waals surface area contributed by atoms with E-state index in [0.717, 1.165) is 16.0 Å². The van der Waals surface area contributed by atoms with Gasteiger partial charge in [0.25, 0.3) is 5.91 Å². The van der Waals surface area contributed by atoms with E-state index in [1.165, 1.54) is 4.90 Å². The molecule has 4 rings (SSSR count). The van der Waals surface area contributed by atoms with E-state index in [9.17, 15) is 14.4 Å². The number of amides is 4. The van der Waals surface area contributed by atoms with E-state index in [4.69, 9.17) is 17.3 Å². The number of anilines is 2. The maximum atomic E-state index is 13.6. The molecule has 1 saturated heterocycles. The largest absolute Gasteiger partial charge is 0.384 e. The van der Waals surface area contributed by atoms with Gasteiger partial charge in [0.1, 0.15) is 11.9 Å². The number of likely N-dealkylation sites (tertiary alicyclic amines) is 1. The van der Waals surface area contributed by atoms with Gasteiger partial charge < -0.3 is 16.0 Å². The summed E-state index contributed by atoms with van der Waals surface area (Å²) >= 11 is 6.13. The summed E-state index contributed by atoms with van der Waals surface area (Å²) in [5, 5.41) is 7.55. The van der Waals surface area contributed by atoms with Crippen molar-refractivity contribution in [3.05, 3.63) is 71.1 Å². The average molecular weight is 510 g/mol. The van der Waals surface area contributed by atoms with Crippen molar-refractivity contribution in [2.45, 2.75) is 31.8 Å². The van der Waals surface area contributed by atoms with Crippen LogP contribution < -0.4 is 16.0 Å². The number of benzene rings is 1. The summed E-state index contributed by atoms with van der Waals surface area (Å²) in [5.41, 5.74) is 7.92. The molecule has 1 aliphatic rings. The highest BCUT2D eigenvalue weighted by Crippen LogP contribution is 2.33. The Balaban J connectivity index is 1.60. The number of nitrogen functional groups attached to an aromatic ring is 1. The van der Waals surface area contributed by atoms with Crippen LogP contribution in [0.5, 0.6) is 0 Å². The number of aromatic nitrogens is 3. The highest BCUT2D eigenvalue weighted by molar-refractivity contribution is 6.30. The SMILES string of the molecule is CCC(NC(=O)N1C(=O)[C@H](Cc2ccnc(N)c2)[C@H]1C(=O)N(C)c1cnn(C)c1)c1cccc(Cl)c1. The summed E-state index contributed by atoms with van der Waals surface area (Å²) in [5.74, 6) is -1.23. The fourth-order valence-electron chi connectivity index (χ4n) is 4.40. The monoisotopic (exact) mass is 509 g/mol. The maximum absolute atomic E-state index is 13.6. The maximum Gasteiger partial charge on any atom is 0.325 e. The summed E-state index contributed by atoms with van der Waals surface area (Å²) in [4.78, 5) is 46.6. The first kappa shape index (κ1) is 25.2. The highest BCUT2D eigenvalue weighted by atomic mass is 35.5. The first-order valence-electron chi connectivity index (χ1n) is 11.5. The second-order valence-corrected chi connectivity index (χ2v) is 9.22. The molecule has 1 unspecified atom stereocenters. The van der Waals surface area contributed by atoms with Crippen LogP contribution in [0.25, 0.3) is 0 Å². The summed E-state index contributed by atoms with van der Waals surface area (Å²) in [6.45, 7) is 1.92. The molecule has 1 aromatic carbocycles. The van der Waals surface area contributed by atoms with Crippen LogP contribution in [0.3, 0.4) is 0 Å². The number of imide groups is 1. The Morgan fingerprint density at radius 1 is 1.28 bits per heavy atom. The van der Waals surface area contributed by atoms with Gasteiger partial charge in [-0.15, -0.1) is 0 Å². The van der Waals surface area contributed by atoms with Gasteiger partial charge in [0, 0.05) is 31.5 Å². The lowest BCUT2D eigenvalue weighted by Gasteiger charge is -2.46. The van der Waals surface area contributed by atoms with Crippen molar-refractivity contribution in [3.63, 3.8) is 0 Å². The number of nitrogens with two attached hydrogens (primary N) is 1. The van der Waals surface area contributed by atoms with E-state index < -0.39 is 23.9 Å². The number of urea groups is 1. The fourth-order valence-corrected chi connectivity index (χ4v) is 4.60. The van der Waals surface area contributed by atoms with Crippen molar-refractivity contribution >= 4 is 41.0 Å². The third-order valence-electron chi connectivity index (χ3n) is 6.35. The number of nitrogens with one attached hydrogen (secondary N) is 1. The molecular formula is C25H28ClN7O3. The predicted molar refractivity (Wildman–Crippen MR) is 136 cm³/mol. The van der Waals surface area contributed by atoms with Crippen LogP contribution in [0.15, 0.2) is 55.0 Å². The van der Waals surface area contributed by atoms with E-state index in [0.29, 0.717) is 22.9 Å². The minimum Gasteiger partial charge on any atom is -0.384 e. The lowest BCUT2D eigenvalue weighted by Crippen LogP contribution is -2.70. The molecule has 0 radical (unpaired) electrons. The number of rotatable bonds is 7. The molecule has 1 fully saturated rings. The minimum absolute atomic E-state index is 0.248. The zero-order valence-corrected chi connectivity index (χ0v) is 21.0. The molecule has 188 valence electrons. The van der Waals surface area contributed by atoms with E-state index in [1.807, 2.05) is 13.0 Å². The molecule has 3 atom stereocenters. The van der Waals surface area contributed by atoms with Crippen LogP contribution in [0, 0.1) is 5.92 Å². The van der Waals surface area contributed by atoms with Gasteiger partial charge in [0.05, 0.1) is 23.8 Å².